The number of methoxy groups -OCH3 is 1. The summed E-state index contributed by atoms with van der Waals surface area (Å²) in [6.07, 6.45) is -15.2. The Morgan fingerprint density at radius 2 is 1.08 bits per heavy atom. The van der Waals surface area contributed by atoms with E-state index in [1.54, 1.807) is 18.2 Å². The second-order valence-corrected chi connectivity index (χ2v) is 23.1. The van der Waals surface area contributed by atoms with Crippen LogP contribution in [0, 0.1) is 0 Å². The fraction of sp³-hybridized carbons (Fsp3) is 0.464. The molecule has 8 rings (SSSR count). The summed E-state index contributed by atoms with van der Waals surface area (Å²) in [6, 6.07) is 15.7. The van der Waals surface area contributed by atoms with Gasteiger partial charge in [-0.15, -0.1) is 12.4 Å². The van der Waals surface area contributed by atoms with Gasteiger partial charge in [0.1, 0.15) is 55.5 Å². The minimum absolute atomic E-state index is 0. The molecule has 2 aromatic carbocycles. The Bertz CT molecular complexity index is 4120. The van der Waals surface area contributed by atoms with E-state index in [0.29, 0.717) is 5.75 Å². The molecule has 0 saturated carbocycles. The molecule has 50 heteroatoms. The van der Waals surface area contributed by atoms with E-state index in [-0.39, 0.29) is 95.9 Å². The molecule has 3 aliphatic rings. The maximum absolute atomic E-state index is 16.2. The minimum Gasteiger partial charge on any atom is -0.468 e. The Morgan fingerprint density at radius 3 is 1.46 bits per heavy atom. The number of esters is 3. The number of azide groups is 3. The topological polar surface area (TPSA) is 579 Å². The molecule has 0 radical (unpaired) electrons. The van der Waals surface area contributed by atoms with Crippen LogP contribution in [0.1, 0.15) is 39.4 Å². The predicted octanol–water partition coefficient (Wildman–Crippen LogP) is 2.24. The fourth-order valence-electron chi connectivity index (χ4n) is 9.24. The molecule has 0 spiro atoms. The number of halogens is 5. The number of ether oxygens (including phenoxy) is 9. The molecule has 9 N–H and O–H groups in total. The monoisotopic (exact) mass is 1610 g/mol. The van der Waals surface area contributed by atoms with Gasteiger partial charge in [0.25, 0.3) is 19.4 Å². The summed E-state index contributed by atoms with van der Waals surface area (Å²) < 4.78 is 92.3. The molecule has 576 valence electrons. The standard InChI is InChI=1S/C27H24ClFN6O8S.C13H17FN6O6S.C12H15FN6O6S.C4H9NO2S.ClH/c28-18-8-4-7-17(11-18)24(37)41-14-27(33-34-30)22(42-25(38)16-5-2-1-3-6-16)21(29)23(43-27)35-10-9-20(32-26(35)39)31-19(13-44)12-40-15-36;14-9-10(23)13(5-21,18-19-15)26-11(9)20-2-1-8(17-12(20)24)16-7(4-27)3-25-6-22;13-8-9(22)12(4-20,17-18-14)25-10(8)19-2-1-6(16-11(19)23)15-7(3-26)24-5-21;1-7-4(6)3(5)2-8;/h1-11,15,19,21-23,44H,12-14H2,(H,31,32,39);1-2,6-7,9-11,21,23,27H,3-5H2,(H,16,17,24);1-2,5,7-10,20,22,26H,3-4H2,(H,15,16,23);3,8H,2,5H2,1H3;1H/t19-,21+,22?,23?,27-;7-,9+,10?,11?,13-;7-,8+,9?,10?,12-;3-;/m1110./s1. The fourth-order valence-corrected chi connectivity index (χ4v) is 10.2. The summed E-state index contributed by atoms with van der Waals surface area (Å²) in [5, 5.41) is 56.8. The van der Waals surface area contributed by atoms with Crippen LogP contribution in [0.3, 0.4) is 0 Å². The number of aromatic nitrogens is 6. The number of rotatable bonds is 32. The van der Waals surface area contributed by atoms with Crippen LogP contribution >= 0.6 is 74.5 Å². The van der Waals surface area contributed by atoms with Gasteiger partial charge >= 0.3 is 35.0 Å². The van der Waals surface area contributed by atoms with Crippen molar-refractivity contribution in [1.82, 2.24) is 28.7 Å². The van der Waals surface area contributed by atoms with Crippen LogP contribution in [0.25, 0.3) is 31.3 Å². The smallest absolute Gasteiger partial charge is 0.351 e. The highest BCUT2D eigenvalue weighted by atomic mass is 35.5. The molecule has 3 aromatic heterocycles. The van der Waals surface area contributed by atoms with Gasteiger partial charge in [0.15, 0.2) is 49.5 Å². The summed E-state index contributed by atoms with van der Waals surface area (Å²) in [4.78, 5) is 123. The van der Waals surface area contributed by atoms with Crippen molar-refractivity contribution in [1.29, 1.82) is 0 Å². The molecule has 16 atom stereocenters. The maximum Gasteiger partial charge on any atom is 0.351 e. The molecule has 3 saturated heterocycles. The van der Waals surface area contributed by atoms with Crippen LogP contribution in [-0.4, -0.2) is 228 Å². The Balaban J connectivity index is 0.000000332. The van der Waals surface area contributed by atoms with Crippen LogP contribution in [-0.2, 0) is 61.8 Å². The molecule has 3 aliphatic heterocycles. The molecule has 0 aliphatic carbocycles. The number of aliphatic hydroxyl groups excluding tert-OH is 4. The lowest BCUT2D eigenvalue weighted by Gasteiger charge is -2.28. The molecule has 6 heterocycles. The number of nitrogens with two attached hydrogens (primary N) is 1. The number of alkyl halides is 3. The molecule has 6 unspecified atom stereocenters. The van der Waals surface area contributed by atoms with Gasteiger partial charge in [0, 0.05) is 61.4 Å². The van der Waals surface area contributed by atoms with E-state index >= 15 is 4.39 Å². The third-order valence-corrected chi connectivity index (χ3v) is 16.3. The molecule has 41 nitrogen and oxygen atoms in total. The van der Waals surface area contributed by atoms with Gasteiger partial charge in [0.05, 0.1) is 43.5 Å². The molecule has 0 bridgehead atoms. The van der Waals surface area contributed by atoms with E-state index in [2.05, 4.69) is 126 Å². The van der Waals surface area contributed by atoms with Crippen molar-refractivity contribution in [2.24, 2.45) is 21.1 Å². The molecule has 106 heavy (non-hydrogen) atoms. The average Bonchev–Trinajstić information content (AvgIpc) is 1.62. The number of hydrogen-bond acceptors (Lipinski definition) is 36. The lowest BCUT2D eigenvalue weighted by atomic mass is 10.1. The quantitative estimate of drug-likeness (QED) is 0.00429. The number of nitrogens with zero attached hydrogens (tertiary/aromatic N) is 15. The highest BCUT2D eigenvalue weighted by Crippen LogP contribution is 2.44. The van der Waals surface area contributed by atoms with Crippen molar-refractivity contribution in [2.75, 3.05) is 79.1 Å². The van der Waals surface area contributed by atoms with E-state index in [1.807, 2.05) is 0 Å². The lowest BCUT2D eigenvalue weighted by molar-refractivity contribution is -0.141. The Morgan fingerprint density at radius 1 is 0.651 bits per heavy atom. The maximum atomic E-state index is 16.2. The van der Waals surface area contributed by atoms with Crippen LogP contribution in [0.15, 0.2) is 121 Å². The van der Waals surface area contributed by atoms with Gasteiger partial charge in [-0.05, 0) is 65.1 Å². The van der Waals surface area contributed by atoms with Crippen molar-refractivity contribution in [3.8, 4) is 0 Å². The van der Waals surface area contributed by atoms with Gasteiger partial charge in [-0.3, -0.25) is 32.9 Å². The Hall–Kier alpha value is -9.32. The molecular formula is C56H66Cl2F3N19O22S4. The normalized spacial score (nSPS) is 24.1. The second-order valence-electron chi connectivity index (χ2n) is 21.2. The summed E-state index contributed by atoms with van der Waals surface area (Å²) in [5.41, 5.74) is 21.9. The molecule has 3 fully saturated rings. The third-order valence-electron chi connectivity index (χ3n) is 14.4. The van der Waals surface area contributed by atoms with E-state index in [4.69, 9.17) is 56.8 Å². The average molecular weight is 1610 g/mol. The predicted molar refractivity (Wildman–Crippen MR) is 376 cm³/mol. The van der Waals surface area contributed by atoms with E-state index in [1.165, 1.54) is 61.7 Å². The summed E-state index contributed by atoms with van der Waals surface area (Å²) in [7, 11) is 1.30. The number of hydrogen-bond donors (Lipinski definition) is 12. The molecule has 5 aromatic rings. The van der Waals surface area contributed by atoms with Crippen molar-refractivity contribution >= 4 is 129 Å². The van der Waals surface area contributed by atoms with Crippen molar-refractivity contribution < 1.29 is 105 Å². The third kappa shape index (κ3) is 23.1. The Kier molecular flexibility index (Phi) is 36.4. The van der Waals surface area contributed by atoms with Crippen LogP contribution in [0.4, 0.5) is 30.6 Å². The highest BCUT2D eigenvalue weighted by Gasteiger charge is 2.61. The first-order chi connectivity index (χ1) is 50.3. The highest BCUT2D eigenvalue weighted by molar-refractivity contribution is 7.80. The summed E-state index contributed by atoms with van der Waals surface area (Å²) in [6.45, 7) is -2.24. The lowest BCUT2D eigenvalue weighted by Crippen LogP contribution is -2.47. The summed E-state index contributed by atoms with van der Waals surface area (Å²) >= 11 is 21.9. The van der Waals surface area contributed by atoms with E-state index in [0.717, 1.165) is 32.3 Å². The number of carbonyl (C=O) groups excluding carboxylic acids is 6. The SMILES string of the molecule is COC(=O)[C@@H](N)CS.Cl.[N-]=[N+]=N[C@]1(CO)OC(n2ccc(N[C@@H](CS)COC=O)nc2=O)[C@@H](F)C1O.[N-]=[N+]=N[C@]1(CO)OC(n2ccc(N[C@@H](CS)OC=O)nc2=O)[C@@H](F)C1O.[N-]=[N+]=N[C@]1(COC(=O)c2cccc(Cl)c2)OC(n2ccc(N[C@@H](CS)COC=O)nc2=O)[C@@H](F)C1OC(=O)c1ccccc1. The van der Waals surface area contributed by atoms with Crippen molar-refractivity contribution in [2.45, 2.75) is 97.0 Å². The number of benzene rings is 2. The zero-order valence-electron chi connectivity index (χ0n) is 54.4. The number of nitrogens with one attached hydrogen (secondary N) is 3. The van der Waals surface area contributed by atoms with Crippen LogP contribution in [0.2, 0.25) is 5.02 Å². The number of anilines is 3. The molecular weight excluding hydrogens is 1550 g/mol. The van der Waals surface area contributed by atoms with Crippen LogP contribution in [0.5, 0.6) is 0 Å². The van der Waals surface area contributed by atoms with Crippen molar-refractivity contribution in [3.05, 3.63) is 170 Å². The van der Waals surface area contributed by atoms with E-state index < -0.39 is 152 Å². The molecule has 0 amide bonds. The van der Waals surface area contributed by atoms with Gasteiger partial charge in [0.2, 0.25) is 17.2 Å². The Labute approximate surface area is 627 Å². The number of thiol groups is 4. The van der Waals surface area contributed by atoms with Crippen LogP contribution < -0.4 is 38.8 Å². The second kappa shape index (κ2) is 43.3. The first-order valence-electron chi connectivity index (χ1n) is 29.7. The number of aliphatic hydroxyl groups is 4. The van der Waals surface area contributed by atoms with E-state index in [9.17, 15) is 77.9 Å². The largest absolute Gasteiger partial charge is 0.468 e. The zero-order valence-corrected chi connectivity index (χ0v) is 59.5. The van der Waals surface area contributed by atoms with Gasteiger partial charge < -0.3 is 84.7 Å². The summed E-state index contributed by atoms with van der Waals surface area (Å²) in [5.74, 6) is -1.25. The zero-order chi connectivity index (χ0) is 77.6. The van der Waals surface area contributed by atoms with Gasteiger partial charge in [-0.25, -0.2) is 37.1 Å². The minimum atomic E-state index is -2.45. The number of carbonyl (C=O) groups is 6. The van der Waals surface area contributed by atoms with Gasteiger partial charge in [-0.2, -0.15) is 65.5 Å². The van der Waals surface area contributed by atoms with Gasteiger partial charge in [-0.1, -0.05) is 51.2 Å². The van der Waals surface area contributed by atoms with Crippen molar-refractivity contribution in [3.63, 3.8) is 0 Å². The first kappa shape index (κ1) is 89.1. The first-order valence-corrected chi connectivity index (χ1v) is 32.6.